The maximum atomic E-state index is 12.0. The Kier molecular flexibility index (Phi) is 5.33. The number of anilines is 1. The minimum atomic E-state index is -0.143. The van der Waals surface area contributed by atoms with E-state index < -0.39 is 0 Å². The van der Waals surface area contributed by atoms with Crippen molar-refractivity contribution in [3.63, 3.8) is 0 Å². The molecule has 0 spiro atoms. The molecule has 25 heavy (non-hydrogen) atoms. The molecule has 0 saturated carbocycles. The molecule has 0 bridgehead atoms. The molecule has 1 aromatic heterocycles. The van der Waals surface area contributed by atoms with Crippen molar-refractivity contribution in [2.75, 3.05) is 24.6 Å². The van der Waals surface area contributed by atoms with Gasteiger partial charge < -0.3 is 15.0 Å². The van der Waals surface area contributed by atoms with E-state index >= 15 is 0 Å². The quantitative estimate of drug-likeness (QED) is 0.854. The molecule has 132 valence electrons. The standard InChI is InChI=1S/C18H22N4O3/c1-13-11-16(23)21-18(19-13)22-9-7-14(8-10-22)20-17(24)12-25-15-5-3-2-4-6-15/h2-6,11,14H,7-10,12H2,1H3,(H,20,24)(H,19,21,23). The van der Waals surface area contributed by atoms with Gasteiger partial charge in [0.05, 0.1) is 0 Å². The van der Waals surface area contributed by atoms with Crippen LogP contribution in [0.3, 0.4) is 0 Å². The number of hydrogen-bond acceptors (Lipinski definition) is 5. The van der Waals surface area contributed by atoms with Gasteiger partial charge in [0.2, 0.25) is 5.95 Å². The van der Waals surface area contributed by atoms with E-state index in [0.717, 1.165) is 25.9 Å². The van der Waals surface area contributed by atoms with E-state index in [1.54, 1.807) is 6.92 Å². The first-order chi connectivity index (χ1) is 12.1. The Hall–Kier alpha value is -2.83. The summed E-state index contributed by atoms with van der Waals surface area (Å²) in [5, 5.41) is 3.00. The van der Waals surface area contributed by atoms with Crippen LogP contribution in [-0.4, -0.2) is 41.6 Å². The van der Waals surface area contributed by atoms with Gasteiger partial charge >= 0.3 is 0 Å². The summed E-state index contributed by atoms with van der Waals surface area (Å²) in [5.41, 5.74) is 0.559. The molecule has 1 aliphatic rings. The molecule has 1 saturated heterocycles. The van der Waals surface area contributed by atoms with Crippen molar-refractivity contribution in [3.8, 4) is 5.75 Å². The zero-order valence-electron chi connectivity index (χ0n) is 14.2. The Morgan fingerprint density at radius 3 is 2.72 bits per heavy atom. The highest BCUT2D eigenvalue weighted by atomic mass is 16.5. The highest BCUT2D eigenvalue weighted by Gasteiger charge is 2.22. The van der Waals surface area contributed by atoms with Gasteiger partial charge in [0, 0.05) is 30.9 Å². The van der Waals surface area contributed by atoms with Gasteiger partial charge in [-0.3, -0.25) is 14.6 Å². The molecule has 1 fully saturated rings. The third kappa shape index (κ3) is 4.82. The van der Waals surface area contributed by atoms with E-state index in [-0.39, 0.29) is 24.1 Å². The van der Waals surface area contributed by atoms with Crippen molar-refractivity contribution in [1.29, 1.82) is 0 Å². The fourth-order valence-electron chi connectivity index (χ4n) is 2.88. The summed E-state index contributed by atoms with van der Waals surface area (Å²) >= 11 is 0. The predicted molar refractivity (Wildman–Crippen MR) is 94.9 cm³/mol. The second-order valence-corrected chi connectivity index (χ2v) is 6.14. The number of nitrogens with one attached hydrogen (secondary N) is 2. The van der Waals surface area contributed by atoms with Crippen molar-refractivity contribution >= 4 is 11.9 Å². The fraction of sp³-hybridized carbons (Fsp3) is 0.389. The van der Waals surface area contributed by atoms with E-state index in [0.29, 0.717) is 17.4 Å². The van der Waals surface area contributed by atoms with Crippen molar-refractivity contribution in [2.45, 2.75) is 25.8 Å². The molecular formula is C18H22N4O3. The SMILES string of the molecule is Cc1cc(=O)[nH]c(N2CCC(NC(=O)COc3ccccc3)CC2)n1. The summed E-state index contributed by atoms with van der Waals surface area (Å²) in [7, 11) is 0. The van der Waals surface area contributed by atoms with Gasteiger partial charge in [0.25, 0.3) is 11.5 Å². The summed E-state index contributed by atoms with van der Waals surface area (Å²) in [6.45, 7) is 3.28. The van der Waals surface area contributed by atoms with E-state index in [2.05, 4.69) is 15.3 Å². The molecule has 0 atom stereocenters. The number of aromatic amines is 1. The fourth-order valence-corrected chi connectivity index (χ4v) is 2.88. The van der Waals surface area contributed by atoms with Crippen LogP contribution in [0.25, 0.3) is 0 Å². The number of piperidine rings is 1. The van der Waals surface area contributed by atoms with Gasteiger partial charge in [-0.2, -0.15) is 0 Å². The first kappa shape index (κ1) is 17.0. The molecule has 7 nitrogen and oxygen atoms in total. The monoisotopic (exact) mass is 342 g/mol. The second-order valence-electron chi connectivity index (χ2n) is 6.14. The number of rotatable bonds is 5. The Morgan fingerprint density at radius 2 is 2.04 bits per heavy atom. The van der Waals surface area contributed by atoms with Crippen LogP contribution in [0.15, 0.2) is 41.2 Å². The van der Waals surface area contributed by atoms with Gasteiger partial charge in [-0.25, -0.2) is 4.98 Å². The number of aromatic nitrogens is 2. The number of H-pyrrole nitrogens is 1. The summed E-state index contributed by atoms with van der Waals surface area (Å²) in [6.07, 6.45) is 1.60. The van der Waals surface area contributed by atoms with Gasteiger partial charge in [-0.1, -0.05) is 18.2 Å². The summed E-state index contributed by atoms with van der Waals surface area (Å²) in [6, 6.07) is 10.9. The number of ether oxygens (including phenoxy) is 1. The summed E-state index contributed by atoms with van der Waals surface area (Å²) in [4.78, 5) is 32.7. The lowest BCUT2D eigenvalue weighted by Gasteiger charge is -2.32. The minimum Gasteiger partial charge on any atom is -0.484 e. The molecule has 2 aromatic rings. The lowest BCUT2D eigenvalue weighted by molar-refractivity contribution is -0.123. The minimum absolute atomic E-state index is 0.0109. The number of carbonyl (C=O) groups excluding carboxylic acids is 1. The molecule has 0 radical (unpaired) electrons. The van der Waals surface area contributed by atoms with Crippen molar-refractivity contribution in [3.05, 3.63) is 52.4 Å². The maximum Gasteiger partial charge on any atom is 0.258 e. The number of carbonyl (C=O) groups is 1. The molecule has 2 heterocycles. The number of para-hydroxylation sites is 1. The van der Waals surface area contributed by atoms with Crippen molar-refractivity contribution in [2.24, 2.45) is 0 Å². The lowest BCUT2D eigenvalue weighted by Crippen LogP contribution is -2.46. The Bertz CT molecular complexity index is 767. The Morgan fingerprint density at radius 1 is 1.32 bits per heavy atom. The van der Waals surface area contributed by atoms with Crippen LogP contribution in [0.2, 0.25) is 0 Å². The Labute approximate surface area is 146 Å². The number of hydrogen-bond donors (Lipinski definition) is 2. The molecule has 0 aliphatic carbocycles. The predicted octanol–water partition coefficient (Wildman–Crippen LogP) is 1.24. The van der Waals surface area contributed by atoms with E-state index in [1.165, 1.54) is 6.07 Å². The topological polar surface area (TPSA) is 87.3 Å². The normalized spacial score (nSPS) is 15.0. The number of amides is 1. The molecule has 7 heteroatoms. The molecule has 1 aromatic carbocycles. The maximum absolute atomic E-state index is 12.0. The zero-order chi connectivity index (χ0) is 17.6. The third-order valence-corrected chi connectivity index (χ3v) is 4.13. The highest BCUT2D eigenvalue weighted by molar-refractivity contribution is 5.77. The van der Waals surface area contributed by atoms with Gasteiger partial charge in [-0.05, 0) is 31.9 Å². The second kappa shape index (κ2) is 7.83. The smallest absolute Gasteiger partial charge is 0.258 e. The van der Waals surface area contributed by atoms with Gasteiger partial charge in [0.15, 0.2) is 6.61 Å². The summed E-state index contributed by atoms with van der Waals surface area (Å²) in [5.74, 6) is 1.16. The van der Waals surface area contributed by atoms with Crippen LogP contribution < -0.4 is 20.5 Å². The third-order valence-electron chi connectivity index (χ3n) is 4.13. The van der Waals surface area contributed by atoms with Crippen molar-refractivity contribution in [1.82, 2.24) is 15.3 Å². The molecule has 1 amide bonds. The number of nitrogens with zero attached hydrogens (tertiary/aromatic N) is 2. The molecule has 1 aliphatic heterocycles. The molecule has 2 N–H and O–H groups in total. The van der Waals surface area contributed by atoms with Crippen LogP contribution in [0.1, 0.15) is 18.5 Å². The van der Waals surface area contributed by atoms with E-state index in [4.69, 9.17) is 4.74 Å². The lowest BCUT2D eigenvalue weighted by atomic mass is 10.1. The average molecular weight is 342 g/mol. The molecular weight excluding hydrogens is 320 g/mol. The summed E-state index contributed by atoms with van der Waals surface area (Å²) < 4.78 is 5.45. The van der Waals surface area contributed by atoms with Gasteiger partial charge in [0.1, 0.15) is 5.75 Å². The number of aryl methyl sites for hydroxylation is 1. The molecule has 3 rings (SSSR count). The Balaban J connectivity index is 1.46. The van der Waals surface area contributed by atoms with E-state index in [9.17, 15) is 9.59 Å². The highest BCUT2D eigenvalue weighted by Crippen LogP contribution is 2.15. The zero-order valence-corrected chi connectivity index (χ0v) is 14.2. The van der Waals surface area contributed by atoms with Gasteiger partial charge in [-0.15, -0.1) is 0 Å². The van der Waals surface area contributed by atoms with E-state index in [1.807, 2.05) is 35.2 Å². The van der Waals surface area contributed by atoms with Crippen LogP contribution in [0.5, 0.6) is 5.75 Å². The number of benzene rings is 1. The average Bonchev–Trinajstić information content (AvgIpc) is 2.61. The van der Waals surface area contributed by atoms with Crippen LogP contribution >= 0.6 is 0 Å². The molecule has 0 unspecified atom stereocenters. The van der Waals surface area contributed by atoms with Crippen LogP contribution in [0.4, 0.5) is 5.95 Å². The van der Waals surface area contributed by atoms with Crippen LogP contribution in [-0.2, 0) is 4.79 Å². The van der Waals surface area contributed by atoms with Crippen LogP contribution in [0, 0.1) is 6.92 Å². The van der Waals surface area contributed by atoms with Crippen molar-refractivity contribution < 1.29 is 9.53 Å². The first-order valence-electron chi connectivity index (χ1n) is 8.40. The largest absolute Gasteiger partial charge is 0.484 e. The first-order valence-corrected chi connectivity index (χ1v) is 8.40.